The summed E-state index contributed by atoms with van der Waals surface area (Å²) in [5.41, 5.74) is 2.50. The summed E-state index contributed by atoms with van der Waals surface area (Å²) < 4.78 is 10.7. The highest BCUT2D eigenvalue weighted by atomic mass is 79.9. The third kappa shape index (κ3) is 1.92. The van der Waals surface area contributed by atoms with Gasteiger partial charge in [0, 0.05) is 31.6 Å². The summed E-state index contributed by atoms with van der Waals surface area (Å²) in [6.07, 6.45) is -1.34. The number of aryl methyl sites for hydroxylation is 1. The molecule has 5 aromatic carbocycles. The van der Waals surface area contributed by atoms with E-state index < -0.39 is 24.2 Å². The maximum absolute atomic E-state index is 12.5. The first-order chi connectivity index (χ1) is 15.4. The Kier molecular flexibility index (Phi) is 3.17. The van der Waals surface area contributed by atoms with E-state index in [-0.39, 0.29) is 0 Å². The maximum atomic E-state index is 12.5. The molecule has 2 aliphatic heterocycles. The molecule has 2 aliphatic rings. The minimum absolute atomic E-state index is 0.331. The minimum atomic E-state index is -1.34. The molecule has 0 saturated carbocycles. The van der Waals surface area contributed by atoms with Crippen molar-refractivity contribution in [2.75, 3.05) is 0 Å². The normalized spacial score (nSPS) is 17.6. The van der Waals surface area contributed by atoms with Crippen LogP contribution in [0.1, 0.15) is 48.5 Å². The second-order valence-electron chi connectivity index (χ2n) is 8.19. The Bertz CT molecular complexity index is 1770. The Morgan fingerprint density at radius 1 is 0.750 bits per heavy atom. The highest BCUT2D eigenvalue weighted by Gasteiger charge is 2.33. The van der Waals surface area contributed by atoms with Gasteiger partial charge >= 0.3 is 17.9 Å². The molecule has 7 rings (SSSR count). The van der Waals surface area contributed by atoms with Crippen LogP contribution in [0.4, 0.5) is 0 Å². The van der Waals surface area contributed by atoms with Gasteiger partial charge in [-0.25, -0.2) is 14.4 Å². The summed E-state index contributed by atoms with van der Waals surface area (Å²) in [6, 6.07) is 10.6. The fraction of sp³-hybridized carbons (Fsp3) is 0.0800. The quantitative estimate of drug-likeness (QED) is 0.138. The van der Waals surface area contributed by atoms with Crippen molar-refractivity contribution in [3.8, 4) is 0 Å². The number of carbonyl (C=O) groups is 3. The smallest absolute Gasteiger partial charge is 0.346 e. The molecule has 7 heteroatoms. The molecular formula is C25H11BrO6. The first kappa shape index (κ1) is 18.1. The predicted octanol–water partition coefficient (Wildman–Crippen LogP) is 5.28. The number of rotatable bonds is 0. The average Bonchev–Trinajstić information content (AvgIpc) is 2.76. The van der Waals surface area contributed by atoms with Crippen molar-refractivity contribution in [3.05, 3.63) is 68.7 Å². The van der Waals surface area contributed by atoms with Crippen molar-refractivity contribution in [1.82, 2.24) is 0 Å². The number of aliphatic hydroxyl groups excluding tert-OH is 1. The topological polar surface area (TPSA) is 89.9 Å². The van der Waals surface area contributed by atoms with Gasteiger partial charge in [-0.15, -0.1) is 0 Å². The molecule has 32 heavy (non-hydrogen) atoms. The number of ether oxygens (including phenoxy) is 2. The van der Waals surface area contributed by atoms with E-state index in [1.165, 1.54) is 0 Å². The van der Waals surface area contributed by atoms with Gasteiger partial charge in [-0.05, 0) is 58.3 Å². The Hall–Kier alpha value is -3.55. The Labute approximate surface area is 187 Å². The van der Waals surface area contributed by atoms with Gasteiger partial charge in [0.15, 0.2) is 0 Å². The van der Waals surface area contributed by atoms with E-state index in [0.717, 1.165) is 37.9 Å². The highest BCUT2D eigenvalue weighted by Crippen LogP contribution is 2.49. The Morgan fingerprint density at radius 2 is 1.38 bits per heavy atom. The number of hydrogen-bond acceptors (Lipinski definition) is 6. The fourth-order valence-electron chi connectivity index (χ4n) is 5.42. The van der Waals surface area contributed by atoms with Gasteiger partial charge in [-0.1, -0.05) is 28.1 Å². The zero-order valence-electron chi connectivity index (χ0n) is 16.4. The lowest BCUT2D eigenvalue weighted by atomic mass is 9.82. The molecule has 0 radical (unpaired) electrons. The fourth-order valence-corrected chi connectivity index (χ4v) is 6.06. The number of aliphatic hydroxyl groups is 1. The van der Waals surface area contributed by atoms with E-state index in [4.69, 9.17) is 9.47 Å². The van der Waals surface area contributed by atoms with Crippen molar-refractivity contribution < 1.29 is 29.0 Å². The number of esters is 3. The summed E-state index contributed by atoms with van der Waals surface area (Å²) in [5.74, 6) is -1.92. The average molecular weight is 487 g/mol. The molecule has 0 amide bonds. The summed E-state index contributed by atoms with van der Waals surface area (Å²) in [6.45, 7) is 1.93. The van der Waals surface area contributed by atoms with Crippen LogP contribution in [-0.2, 0) is 9.47 Å². The number of carbonyl (C=O) groups excluding carboxylic acids is 3. The van der Waals surface area contributed by atoms with Gasteiger partial charge in [0.2, 0.25) is 6.29 Å². The van der Waals surface area contributed by atoms with Gasteiger partial charge in [-0.2, -0.15) is 0 Å². The molecular weight excluding hydrogens is 476 g/mol. The van der Waals surface area contributed by atoms with E-state index in [9.17, 15) is 19.5 Å². The molecule has 0 aliphatic carbocycles. The lowest BCUT2D eigenvalue weighted by molar-refractivity contribution is -0.0686. The van der Waals surface area contributed by atoms with Gasteiger partial charge in [0.25, 0.3) is 0 Å². The molecule has 6 nitrogen and oxygen atoms in total. The van der Waals surface area contributed by atoms with Crippen LogP contribution in [0.15, 0.2) is 40.9 Å². The molecule has 1 atom stereocenters. The number of halogens is 1. The van der Waals surface area contributed by atoms with Crippen LogP contribution in [-0.4, -0.2) is 23.0 Å². The summed E-state index contributed by atoms with van der Waals surface area (Å²) in [7, 11) is 0. The Balaban J connectivity index is 1.86. The Morgan fingerprint density at radius 3 is 2.12 bits per heavy atom. The number of fused-ring (bicyclic) bond motifs is 2. The number of hydrogen-bond donors (Lipinski definition) is 1. The largest absolute Gasteiger partial charge is 0.428 e. The van der Waals surface area contributed by atoms with Gasteiger partial charge < -0.3 is 14.6 Å². The predicted molar refractivity (Wildman–Crippen MR) is 120 cm³/mol. The number of cyclic esters (lactones) is 3. The van der Waals surface area contributed by atoms with Crippen LogP contribution in [0.25, 0.3) is 43.1 Å². The monoisotopic (exact) mass is 486 g/mol. The van der Waals surface area contributed by atoms with Gasteiger partial charge in [0.1, 0.15) is 0 Å². The molecule has 0 spiro atoms. The molecule has 2 heterocycles. The van der Waals surface area contributed by atoms with Crippen LogP contribution >= 0.6 is 15.9 Å². The summed E-state index contributed by atoms with van der Waals surface area (Å²) in [4.78, 5) is 37.5. The van der Waals surface area contributed by atoms with E-state index in [1.807, 2.05) is 25.1 Å². The standard InChI is InChI=1S/C25H11BrO6/c1-8-6-13-17-11(22(27)31-24(13)29)5-3-10-19-15(26)7-14-18-12(23(28)32-25(14)30)4-2-9(21(18)19)16(8)20(10)17/h2-7,24,29H,1H3. The van der Waals surface area contributed by atoms with Gasteiger partial charge in [0.05, 0.1) is 16.7 Å². The van der Waals surface area contributed by atoms with Crippen LogP contribution < -0.4 is 0 Å². The van der Waals surface area contributed by atoms with Crippen LogP contribution in [0.3, 0.4) is 0 Å². The maximum Gasteiger partial charge on any atom is 0.346 e. The zero-order chi connectivity index (χ0) is 22.0. The number of benzene rings is 5. The van der Waals surface area contributed by atoms with Crippen molar-refractivity contribution in [2.24, 2.45) is 0 Å². The third-order valence-corrected chi connectivity index (χ3v) is 7.24. The highest BCUT2D eigenvalue weighted by molar-refractivity contribution is 9.10. The molecule has 0 bridgehead atoms. The molecule has 1 unspecified atom stereocenters. The second kappa shape index (κ2) is 5.62. The first-order valence-electron chi connectivity index (χ1n) is 9.92. The van der Waals surface area contributed by atoms with Crippen molar-refractivity contribution in [3.63, 3.8) is 0 Å². The lowest BCUT2D eigenvalue weighted by Crippen LogP contribution is -2.20. The van der Waals surface area contributed by atoms with Crippen molar-refractivity contribution in [2.45, 2.75) is 13.2 Å². The molecule has 5 aromatic rings. The SMILES string of the molecule is Cc1cc2c3c(ccc4c5c(Br)cc6c7c(ccc(c1c34)c75)C(=O)OC6=O)C(=O)OC2O. The van der Waals surface area contributed by atoms with Crippen molar-refractivity contribution in [1.29, 1.82) is 0 Å². The van der Waals surface area contributed by atoms with E-state index >= 15 is 0 Å². The molecule has 1 N–H and O–H groups in total. The molecule has 0 aromatic heterocycles. The minimum Gasteiger partial charge on any atom is -0.428 e. The van der Waals surface area contributed by atoms with Crippen LogP contribution in [0.5, 0.6) is 0 Å². The van der Waals surface area contributed by atoms with E-state index in [0.29, 0.717) is 37.5 Å². The first-order valence-corrected chi connectivity index (χ1v) is 10.7. The van der Waals surface area contributed by atoms with Crippen LogP contribution in [0, 0.1) is 6.92 Å². The van der Waals surface area contributed by atoms with E-state index in [1.54, 1.807) is 18.2 Å². The third-order valence-electron chi connectivity index (χ3n) is 6.61. The molecule has 0 fully saturated rings. The summed E-state index contributed by atoms with van der Waals surface area (Å²) >= 11 is 3.62. The van der Waals surface area contributed by atoms with Crippen LogP contribution in [0.2, 0.25) is 0 Å². The molecule has 154 valence electrons. The van der Waals surface area contributed by atoms with Crippen molar-refractivity contribution >= 4 is 76.9 Å². The van der Waals surface area contributed by atoms with E-state index in [2.05, 4.69) is 15.9 Å². The molecule has 0 saturated heterocycles. The lowest BCUT2D eigenvalue weighted by Gasteiger charge is -2.26. The van der Waals surface area contributed by atoms with Gasteiger partial charge in [-0.3, -0.25) is 0 Å². The zero-order valence-corrected chi connectivity index (χ0v) is 18.0. The summed E-state index contributed by atoms with van der Waals surface area (Å²) in [5, 5.41) is 16.8. The second-order valence-corrected chi connectivity index (χ2v) is 9.05.